The van der Waals surface area contributed by atoms with Crippen LogP contribution < -0.4 is 5.32 Å². The van der Waals surface area contributed by atoms with Crippen LogP contribution in [0.25, 0.3) is 0 Å². The Balaban J connectivity index is 2.02. The molecule has 3 nitrogen and oxygen atoms in total. The van der Waals surface area contributed by atoms with Crippen LogP contribution >= 0.6 is 27.5 Å². The van der Waals surface area contributed by atoms with E-state index in [0.717, 1.165) is 12.4 Å². The number of anilines is 1. The molecule has 0 aliphatic carbocycles. The predicted molar refractivity (Wildman–Crippen MR) is 78.1 cm³/mol. The van der Waals surface area contributed by atoms with Crippen molar-refractivity contribution in [2.24, 2.45) is 0 Å². The zero-order valence-corrected chi connectivity index (χ0v) is 12.2. The third-order valence-corrected chi connectivity index (χ3v) is 3.96. The molecule has 0 bridgehead atoms. The molecule has 0 aliphatic rings. The van der Waals surface area contributed by atoms with Gasteiger partial charge in [-0.1, -0.05) is 48.9 Å². The second-order valence-electron chi connectivity index (χ2n) is 4.02. The monoisotopic (exact) mass is 325 g/mol. The van der Waals surface area contributed by atoms with E-state index in [1.165, 1.54) is 11.9 Å². The molecule has 1 unspecified atom stereocenters. The first-order valence-electron chi connectivity index (χ1n) is 5.63. The zero-order valence-electron chi connectivity index (χ0n) is 9.90. The van der Waals surface area contributed by atoms with Gasteiger partial charge in [0.1, 0.15) is 17.3 Å². The minimum atomic E-state index is 0.395. The van der Waals surface area contributed by atoms with E-state index in [1.807, 2.05) is 18.2 Å². The summed E-state index contributed by atoms with van der Waals surface area (Å²) in [6.45, 7) is 2.95. The van der Waals surface area contributed by atoms with Gasteiger partial charge in [0.25, 0.3) is 0 Å². The van der Waals surface area contributed by atoms with Gasteiger partial charge >= 0.3 is 0 Å². The van der Waals surface area contributed by atoms with E-state index in [1.54, 1.807) is 0 Å². The first kappa shape index (κ1) is 13.3. The van der Waals surface area contributed by atoms with Crippen LogP contribution in [0.5, 0.6) is 0 Å². The van der Waals surface area contributed by atoms with Crippen molar-refractivity contribution >= 4 is 33.3 Å². The minimum absolute atomic E-state index is 0.395. The Labute approximate surface area is 120 Å². The second-order valence-corrected chi connectivity index (χ2v) is 5.17. The highest BCUT2D eigenvalue weighted by Gasteiger charge is 2.09. The van der Waals surface area contributed by atoms with Gasteiger partial charge in [0.15, 0.2) is 0 Å². The lowest BCUT2D eigenvalue weighted by Gasteiger charge is -2.14. The molecule has 1 aromatic heterocycles. The smallest absolute Gasteiger partial charge is 0.148 e. The molecule has 18 heavy (non-hydrogen) atoms. The molecule has 0 saturated carbocycles. The molecule has 0 radical (unpaired) electrons. The Bertz CT molecular complexity index is 519. The lowest BCUT2D eigenvalue weighted by atomic mass is 10.0. The molecule has 1 atom stereocenters. The van der Waals surface area contributed by atoms with Crippen molar-refractivity contribution in [2.75, 3.05) is 11.9 Å². The highest BCUT2D eigenvalue weighted by Crippen LogP contribution is 2.26. The molecular weight excluding hydrogens is 314 g/mol. The summed E-state index contributed by atoms with van der Waals surface area (Å²) in [6, 6.07) is 10.3. The highest BCUT2D eigenvalue weighted by molar-refractivity contribution is 9.10. The maximum absolute atomic E-state index is 5.91. The largest absolute Gasteiger partial charge is 0.368 e. The van der Waals surface area contributed by atoms with Crippen molar-refractivity contribution in [1.82, 2.24) is 9.97 Å². The van der Waals surface area contributed by atoms with Crippen molar-refractivity contribution in [3.05, 3.63) is 51.8 Å². The fraction of sp³-hybridized carbons (Fsp3) is 0.231. The molecule has 0 saturated heterocycles. The van der Waals surface area contributed by atoms with Gasteiger partial charge in [-0.3, -0.25) is 0 Å². The standard InChI is InChI=1S/C13H13BrClN3/c1-9(10-5-3-2-4-6-10)7-16-13-11(14)12(15)17-8-18-13/h2-6,8-9H,7H2,1H3,(H,16,17,18). The lowest BCUT2D eigenvalue weighted by molar-refractivity contribution is 0.800. The Morgan fingerprint density at radius 3 is 2.72 bits per heavy atom. The van der Waals surface area contributed by atoms with Gasteiger partial charge in [0, 0.05) is 6.54 Å². The lowest BCUT2D eigenvalue weighted by Crippen LogP contribution is -2.11. The summed E-state index contributed by atoms with van der Waals surface area (Å²) in [4.78, 5) is 8.04. The van der Waals surface area contributed by atoms with Crippen LogP contribution in [0.15, 0.2) is 41.1 Å². The summed E-state index contributed by atoms with van der Waals surface area (Å²) in [5.74, 6) is 1.12. The minimum Gasteiger partial charge on any atom is -0.368 e. The molecule has 0 spiro atoms. The van der Waals surface area contributed by atoms with Crippen molar-refractivity contribution < 1.29 is 0 Å². The Hall–Kier alpha value is -1.13. The normalized spacial score (nSPS) is 12.2. The molecule has 2 aromatic rings. The van der Waals surface area contributed by atoms with Gasteiger partial charge in [0.2, 0.25) is 0 Å². The quantitative estimate of drug-likeness (QED) is 0.859. The first-order chi connectivity index (χ1) is 8.68. The molecule has 0 amide bonds. The van der Waals surface area contributed by atoms with Gasteiger partial charge in [-0.05, 0) is 27.4 Å². The van der Waals surface area contributed by atoms with Crippen LogP contribution in [0, 0.1) is 0 Å². The van der Waals surface area contributed by atoms with E-state index in [4.69, 9.17) is 11.6 Å². The average molecular weight is 327 g/mol. The first-order valence-corrected chi connectivity index (χ1v) is 6.80. The van der Waals surface area contributed by atoms with E-state index < -0.39 is 0 Å². The van der Waals surface area contributed by atoms with E-state index >= 15 is 0 Å². The van der Waals surface area contributed by atoms with Crippen molar-refractivity contribution in [3.63, 3.8) is 0 Å². The van der Waals surface area contributed by atoms with E-state index in [0.29, 0.717) is 15.5 Å². The fourth-order valence-corrected chi connectivity index (χ4v) is 2.10. The maximum atomic E-state index is 5.91. The Kier molecular flexibility index (Phi) is 4.55. The third-order valence-electron chi connectivity index (χ3n) is 2.69. The van der Waals surface area contributed by atoms with Crippen molar-refractivity contribution in [3.8, 4) is 0 Å². The molecule has 1 N–H and O–H groups in total. The van der Waals surface area contributed by atoms with Gasteiger partial charge in [0.05, 0.1) is 4.47 Å². The third kappa shape index (κ3) is 3.21. The summed E-state index contributed by atoms with van der Waals surface area (Å²) >= 11 is 9.28. The predicted octanol–water partition coefficient (Wildman–Crippen LogP) is 4.11. The summed E-state index contributed by atoms with van der Waals surface area (Å²) in [6.07, 6.45) is 1.45. The van der Waals surface area contributed by atoms with Crippen LogP contribution in [0.3, 0.4) is 0 Å². The van der Waals surface area contributed by atoms with Crippen molar-refractivity contribution in [2.45, 2.75) is 12.8 Å². The van der Waals surface area contributed by atoms with Crippen LogP contribution in [0.2, 0.25) is 5.15 Å². The van der Waals surface area contributed by atoms with Crippen LogP contribution in [0.4, 0.5) is 5.82 Å². The second kappa shape index (κ2) is 6.16. The number of hydrogen-bond donors (Lipinski definition) is 1. The van der Waals surface area contributed by atoms with Gasteiger partial charge in [-0.25, -0.2) is 9.97 Å². The molecule has 0 fully saturated rings. The summed E-state index contributed by atoms with van der Waals surface area (Å²) in [7, 11) is 0. The summed E-state index contributed by atoms with van der Waals surface area (Å²) in [5, 5.41) is 3.69. The average Bonchev–Trinajstić information content (AvgIpc) is 2.41. The molecule has 1 heterocycles. The zero-order chi connectivity index (χ0) is 13.0. The summed E-state index contributed by atoms with van der Waals surface area (Å²) < 4.78 is 0.701. The van der Waals surface area contributed by atoms with Crippen LogP contribution in [-0.4, -0.2) is 16.5 Å². The number of hydrogen-bond acceptors (Lipinski definition) is 3. The van der Waals surface area contributed by atoms with Crippen LogP contribution in [0.1, 0.15) is 18.4 Å². The number of nitrogens with one attached hydrogen (secondary N) is 1. The van der Waals surface area contributed by atoms with Gasteiger partial charge < -0.3 is 5.32 Å². The number of rotatable bonds is 4. The fourth-order valence-electron chi connectivity index (χ4n) is 1.62. The Morgan fingerprint density at radius 2 is 2.00 bits per heavy atom. The van der Waals surface area contributed by atoms with E-state index in [-0.39, 0.29) is 0 Å². The van der Waals surface area contributed by atoms with Crippen molar-refractivity contribution in [1.29, 1.82) is 0 Å². The highest BCUT2D eigenvalue weighted by atomic mass is 79.9. The van der Waals surface area contributed by atoms with Gasteiger partial charge in [-0.2, -0.15) is 0 Å². The SMILES string of the molecule is CC(CNc1ncnc(Cl)c1Br)c1ccccc1. The molecule has 94 valence electrons. The molecule has 5 heteroatoms. The molecule has 1 aromatic carbocycles. The number of benzene rings is 1. The summed E-state index contributed by atoms with van der Waals surface area (Å²) in [5.41, 5.74) is 1.29. The molecular formula is C13H13BrClN3. The van der Waals surface area contributed by atoms with Gasteiger partial charge in [-0.15, -0.1) is 0 Å². The molecule has 0 aliphatic heterocycles. The van der Waals surface area contributed by atoms with E-state index in [9.17, 15) is 0 Å². The number of nitrogens with zero attached hydrogens (tertiary/aromatic N) is 2. The topological polar surface area (TPSA) is 37.8 Å². The van der Waals surface area contributed by atoms with Crippen LogP contribution in [-0.2, 0) is 0 Å². The number of halogens is 2. The number of aromatic nitrogens is 2. The van der Waals surface area contributed by atoms with E-state index in [2.05, 4.69) is 50.3 Å². The Morgan fingerprint density at radius 1 is 1.28 bits per heavy atom. The molecule has 2 rings (SSSR count). The maximum Gasteiger partial charge on any atom is 0.148 e.